The van der Waals surface area contributed by atoms with Gasteiger partial charge in [0, 0.05) is 37.1 Å². The Balaban J connectivity index is 1.66. The third-order valence-corrected chi connectivity index (χ3v) is 5.94. The molecule has 1 saturated heterocycles. The van der Waals surface area contributed by atoms with Gasteiger partial charge in [-0.1, -0.05) is 12.2 Å². The second-order valence-electron chi connectivity index (χ2n) is 8.09. The molecule has 4 aliphatic rings. The van der Waals surface area contributed by atoms with Crippen LogP contribution in [0.2, 0.25) is 0 Å². The molecule has 1 aromatic rings. The van der Waals surface area contributed by atoms with E-state index in [0.29, 0.717) is 40.3 Å². The van der Waals surface area contributed by atoms with Crippen LogP contribution in [0.4, 0.5) is 5.69 Å². The molecule has 5 rings (SSSR count). The lowest BCUT2D eigenvalue weighted by atomic mass is 9.68. The number of nitrogens with two attached hydrogens (primary N) is 1. The molecule has 0 saturated carbocycles. The molecule has 1 spiro atoms. The van der Waals surface area contributed by atoms with Crippen molar-refractivity contribution in [2.75, 3.05) is 5.73 Å². The summed E-state index contributed by atoms with van der Waals surface area (Å²) in [6, 6.07) is 5.07. The van der Waals surface area contributed by atoms with Crippen LogP contribution in [0, 0.1) is 5.92 Å². The average Bonchev–Trinajstić information content (AvgIpc) is 2.99. The fraction of sp³-hybridized carbons (Fsp3) is 0.292. The first kappa shape index (κ1) is 20.1. The molecule has 2 N–H and O–H groups in total. The van der Waals surface area contributed by atoms with Crippen molar-refractivity contribution < 1.29 is 33.3 Å². The zero-order chi connectivity index (χ0) is 22.6. The Hall–Kier alpha value is -3.81. The van der Waals surface area contributed by atoms with Crippen LogP contribution in [0.15, 0.2) is 65.7 Å². The molecule has 2 aliphatic heterocycles. The van der Waals surface area contributed by atoms with E-state index in [1.54, 1.807) is 36.4 Å². The van der Waals surface area contributed by atoms with Crippen LogP contribution in [0.3, 0.4) is 0 Å². The van der Waals surface area contributed by atoms with Gasteiger partial charge >= 0.3 is 17.9 Å². The van der Waals surface area contributed by atoms with E-state index in [1.165, 1.54) is 13.8 Å². The Morgan fingerprint density at radius 1 is 1.19 bits per heavy atom. The van der Waals surface area contributed by atoms with Gasteiger partial charge in [0.25, 0.3) is 0 Å². The van der Waals surface area contributed by atoms with E-state index in [9.17, 15) is 14.4 Å². The normalized spacial score (nSPS) is 29.4. The Morgan fingerprint density at radius 3 is 2.75 bits per heavy atom. The number of rotatable bonds is 2. The SMILES string of the molecule is CC(=O)OC1=CC2OC3=CC(OC(C)=O)CC=C3C3(OC(=O)c4ccc(N)cc43)C2C=C1. The number of carbonyl (C=O) groups is 3. The van der Waals surface area contributed by atoms with Gasteiger partial charge in [0.1, 0.15) is 23.7 Å². The van der Waals surface area contributed by atoms with Crippen molar-refractivity contribution in [2.45, 2.75) is 38.1 Å². The highest BCUT2D eigenvalue weighted by atomic mass is 16.6. The Bertz CT molecular complexity index is 1170. The minimum absolute atomic E-state index is 0.339. The lowest BCUT2D eigenvalue weighted by molar-refractivity contribution is -0.144. The highest BCUT2D eigenvalue weighted by Gasteiger charge is 2.60. The molecule has 164 valence electrons. The van der Waals surface area contributed by atoms with E-state index in [-0.39, 0.29) is 0 Å². The molecule has 0 aromatic heterocycles. The molecule has 0 amide bonds. The topological polar surface area (TPSA) is 114 Å². The van der Waals surface area contributed by atoms with Gasteiger partial charge in [0.2, 0.25) is 0 Å². The number of esters is 3. The van der Waals surface area contributed by atoms with Gasteiger partial charge in [-0.05, 0) is 36.4 Å². The molecule has 4 atom stereocenters. The van der Waals surface area contributed by atoms with Crippen molar-refractivity contribution in [1.29, 1.82) is 0 Å². The van der Waals surface area contributed by atoms with Crippen molar-refractivity contribution in [1.82, 2.24) is 0 Å². The molecule has 0 radical (unpaired) electrons. The smallest absolute Gasteiger partial charge is 0.339 e. The van der Waals surface area contributed by atoms with E-state index in [0.717, 1.165) is 0 Å². The molecular formula is C24H21NO7. The van der Waals surface area contributed by atoms with Crippen LogP contribution in [-0.2, 0) is 34.1 Å². The molecule has 2 aliphatic carbocycles. The molecule has 8 heteroatoms. The van der Waals surface area contributed by atoms with E-state index in [1.807, 2.05) is 12.2 Å². The number of hydrogen-bond acceptors (Lipinski definition) is 8. The van der Waals surface area contributed by atoms with Gasteiger partial charge in [-0.2, -0.15) is 0 Å². The van der Waals surface area contributed by atoms with E-state index < -0.39 is 41.6 Å². The van der Waals surface area contributed by atoms with E-state index in [2.05, 4.69) is 0 Å². The van der Waals surface area contributed by atoms with Crippen molar-refractivity contribution in [3.8, 4) is 0 Å². The maximum atomic E-state index is 12.9. The highest BCUT2D eigenvalue weighted by molar-refractivity contribution is 5.96. The monoisotopic (exact) mass is 435 g/mol. The van der Waals surface area contributed by atoms with Crippen molar-refractivity contribution in [3.63, 3.8) is 0 Å². The van der Waals surface area contributed by atoms with Gasteiger partial charge in [0.05, 0.1) is 11.5 Å². The summed E-state index contributed by atoms with van der Waals surface area (Å²) in [4.78, 5) is 35.8. The number of fused-ring (bicyclic) bond motifs is 6. The van der Waals surface area contributed by atoms with Gasteiger partial charge in [0.15, 0.2) is 5.60 Å². The Morgan fingerprint density at radius 2 is 2.00 bits per heavy atom. The van der Waals surface area contributed by atoms with Crippen LogP contribution in [0.5, 0.6) is 0 Å². The first-order chi connectivity index (χ1) is 15.3. The zero-order valence-electron chi connectivity index (χ0n) is 17.5. The summed E-state index contributed by atoms with van der Waals surface area (Å²) in [5, 5.41) is 0. The third-order valence-electron chi connectivity index (χ3n) is 5.94. The number of nitrogen functional groups attached to an aromatic ring is 1. The summed E-state index contributed by atoms with van der Waals surface area (Å²) in [5.41, 5.74) is 7.17. The van der Waals surface area contributed by atoms with Gasteiger partial charge in [-0.25, -0.2) is 4.79 Å². The Kier molecular flexibility index (Phi) is 4.47. The summed E-state index contributed by atoms with van der Waals surface area (Å²) >= 11 is 0. The molecule has 2 heterocycles. The van der Waals surface area contributed by atoms with Crippen molar-refractivity contribution in [3.05, 3.63) is 76.8 Å². The second kappa shape index (κ2) is 7.12. The number of allylic oxidation sites excluding steroid dienone is 1. The lowest BCUT2D eigenvalue weighted by Crippen LogP contribution is -2.49. The summed E-state index contributed by atoms with van der Waals surface area (Å²) < 4.78 is 22.9. The predicted octanol–water partition coefficient (Wildman–Crippen LogP) is 2.81. The number of ether oxygens (including phenoxy) is 4. The predicted molar refractivity (Wildman–Crippen MR) is 112 cm³/mol. The quantitative estimate of drug-likeness (QED) is 0.429. The molecule has 0 bridgehead atoms. The number of carbonyl (C=O) groups excluding carboxylic acids is 3. The van der Waals surface area contributed by atoms with Crippen LogP contribution >= 0.6 is 0 Å². The number of hydrogen-bond donors (Lipinski definition) is 1. The van der Waals surface area contributed by atoms with Gasteiger partial charge in [-0.15, -0.1) is 0 Å². The summed E-state index contributed by atoms with van der Waals surface area (Å²) in [6.07, 6.45) is 8.07. The molecule has 8 nitrogen and oxygen atoms in total. The average molecular weight is 435 g/mol. The summed E-state index contributed by atoms with van der Waals surface area (Å²) in [7, 11) is 0. The van der Waals surface area contributed by atoms with Crippen LogP contribution in [0.1, 0.15) is 36.2 Å². The lowest BCUT2D eigenvalue weighted by Gasteiger charge is -2.47. The molecule has 32 heavy (non-hydrogen) atoms. The van der Waals surface area contributed by atoms with Crippen LogP contribution in [-0.4, -0.2) is 30.1 Å². The van der Waals surface area contributed by atoms with Gasteiger partial charge in [-0.3, -0.25) is 9.59 Å². The largest absolute Gasteiger partial charge is 0.485 e. The van der Waals surface area contributed by atoms with Crippen LogP contribution in [0.25, 0.3) is 0 Å². The zero-order valence-corrected chi connectivity index (χ0v) is 17.5. The van der Waals surface area contributed by atoms with Crippen molar-refractivity contribution >= 4 is 23.6 Å². The van der Waals surface area contributed by atoms with Gasteiger partial charge < -0.3 is 24.7 Å². The standard InChI is InChI=1S/C24H21NO7/c1-12(26)29-15-4-7-18-21(10-15)31-22-11-16(30-13(2)27)5-8-19(22)24(18)20-9-14(25)3-6-17(20)23(28)32-24/h3-4,6-11,16,18,21H,5,25H2,1-2H3. The fourth-order valence-electron chi connectivity index (χ4n) is 4.81. The second-order valence-corrected chi connectivity index (χ2v) is 8.09. The Labute approximate surface area is 183 Å². The number of benzene rings is 1. The fourth-order valence-corrected chi connectivity index (χ4v) is 4.81. The van der Waals surface area contributed by atoms with E-state index >= 15 is 0 Å². The first-order valence-electron chi connectivity index (χ1n) is 10.3. The maximum Gasteiger partial charge on any atom is 0.339 e. The maximum absolute atomic E-state index is 12.9. The number of anilines is 1. The first-order valence-corrected chi connectivity index (χ1v) is 10.3. The van der Waals surface area contributed by atoms with E-state index in [4.69, 9.17) is 24.7 Å². The third kappa shape index (κ3) is 3.02. The van der Waals surface area contributed by atoms with Crippen molar-refractivity contribution in [2.24, 2.45) is 5.92 Å². The highest BCUT2D eigenvalue weighted by Crippen LogP contribution is 2.57. The molecular weight excluding hydrogens is 414 g/mol. The minimum atomic E-state index is -1.17. The molecule has 4 unspecified atom stereocenters. The summed E-state index contributed by atoms with van der Waals surface area (Å²) in [5.74, 6) is -0.960. The minimum Gasteiger partial charge on any atom is -0.485 e. The molecule has 1 aromatic carbocycles. The molecule has 1 fully saturated rings. The van der Waals surface area contributed by atoms with Crippen LogP contribution < -0.4 is 5.73 Å². The summed E-state index contributed by atoms with van der Waals surface area (Å²) in [6.45, 7) is 2.66.